The highest BCUT2D eigenvalue weighted by Crippen LogP contribution is 2.26. The molecule has 2 aromatic rings. The number of hydrogen-bond donors (Lipinski definition) is 2. The van der Waals surface area contributed by atoms with Crippen molar-refractivity contribution in [3.63, 3.8) is 0 Å². The van der Waals surface area contributed by atoms with Crippen LogP contribution in [0.4, 0.5) is 5.82 Å². The van der Waals surface area contributed by atoms with Crippen LogP contribution in [0.5, 0.6) is 0 Å². The first kappa shape index (κ1) is 14.8. The molecule has 1 amide bonds. The number of aliphatic hydroxyl groups is 1. The number of amides is 1. The number of carbonyl (C=O) groups is 1. The van der Waals surface area contributed by atoms with Crippen LogP contribution in [0.25, 0.3) is 10.9 Å². The van der Waals surface area contributed by atoms with E-state index in [-0.39, 0.29) is 18.6 Å². The van der Waals surface area contributed by atoms with Crippen molar-refractivity contribution in [2.45, 2.75) is 32.4 Å². The van der Waals surface area contributed by atoms with Crippen LogP contribution in [-0.2, 0) is 11.4 Å². The minimum atomic E-state index is -0.0333. The van der Waals surface area contributed by atoms with Gasteiger partial charge in [-0.25, -0.2) is 4.98 Å². The Balaban J connectivity index is 1.92. The number of hydrogen-bond acceptors (Lipinski definition) is 4. The fraction of sp³-hybridized carbons (Fsp3) is 0.412. The Morgan fingerprint density at radius 1 is 1.45 bits per heavy atom. The molecule has 1 aromatic heterocycles. The average molecular weight is 299 g/mol. The standard InChI is InChI=1S/C17H21N3O2/c1-12(22)18-15-6-4-8-20(10-15)17-14(11-21)9-13-5-2-3-7-16(13)19-17/h2-3,5,7,9,15,21H,4,6,8,10-11H2,1H3,(H,18,22)/t15-/m1/s1. The number of benzene rings is 1. The van der Waals surface area contributed by atoms with Crippen LogP contribution >= 0.6 is 0 Å². The van der Waals surface area contributed by atoms with E-state index in [1.807, 2.05) is 30.3 Å². The molecule has 0 bridgehead atoms. The number of aromatic nitrogens is 1. The molecule has 116 valence electrons. The smallest absolute Gasteiger partial charge is 0.217 e. The average Bonchev–Trinajstić information content (AvgIpc) is 2.53. The number of nitrogens with one attached hydrogen (secondary N) is 1. The quantitative estimate of drug-likeness (QED) is 0.907. The lowest BCUT2D eigenvalue weighted by atomic mass is 10.0. The van der Waals surface area contributed by atoms with Gasteiger partial charge in [-0.2, -0.15) is 0 Å². The number of aliphatic hydroxyl groups excluding tert-OH is 1. The van der Waals surface area contributed by atoms with Gasteiger partial charge in [0, 0.05) is 37.0 Å². The molecule has 2 heterocycles. The summed E-state index contributed by atoms with van der Waals surface area (Å²) >= 11 is 0. The number of rotatable bonds is 3. The van der Waals surface area contributed by atoms with Crippen LogP contribution in [0.15, 0.2) is 30.3 Å². The molecule has 1 saturated heterocycles. The minimum absolute atomic E-state index is 0.000650. The summed E-state index contributed by atoms with van der Waals surface area (Å²) < 4.78 is 0. The Kier molecular flexibility index (Phi) is 4.24. The molecule has 22 heavy (non-hydrogen) atoms. The number of piperidine rings is 1. The van der Waals surface area contributed by atoms with E-state index in [0.717, 1.165) is 48.2 Å². The molecule has 2 N–H and O–H groups in total. The van der Waals surface area contributed by atoms with E-state index in [2.05, 4.69) is 10.2 Å². The minimum Gasteiger partial charge on any atom is -0.392 e. The van der Waals surface area contributed by atoms with Gasteiger partial charge in [-0.05, 0) is 25.0 Å². The molecule has 1 atom stereocenters. The Morgan fingerprint density at radius 2 is 2.27 bits per heavy atom. The van der Waals surface area contributed by atoms with Crippen LogP contribution in [-0.4, -0.2) is 35.1 Å². The molecule has 3 rings (SSSR count). The summed E-state index contributed by atoms with van der Waals surface area (Å²) in [4.78, 5) is 18.2. The van der Waals surface area contributed by atoms with Crippen molar-refractivity contribution in [2.75, 3.05) is 18.0 Å². The highest BCUT2D eigenvalue weighted by molar-refractivity contribution is 5.82. The molecule has 1 fully saturated rings. The molecule has 0 aliphatic carbocycles. The van der Waals surface area contributed by atoms with Crippen molar-refractivity contribution in [3.8, 4) is 0 Å². The van der Waals surface area contributed by atoms with Crippen molar-refractivity contribution in [1.29, 1.82) is 0 Å². The Hall–Kier alpha value is -2.14. The third-order valence-electron chi connectivity index (χ3n) is 4.08. The second kappa shape index (κ2) is 6.32. The first-order chi connectivity index (χ1) is 10.7. The Morgan fingerprint density at radius 3 is 3.05 bits per heavy atom. The number of pyridine rings is 1. The van der Waals surface area contributed by atoms with Gasteiger partial charge < -0.3 is 15.3 Å². The van der Waals surface area contributed by atoms with Gasteiger partial charge in [-0.15, -0.1) is 0 Å². The summed E-state index contributed by atoms with van der Waals surface area (Å²) in [6.45, 7) is 3.15. The fourth-order valence-electron chi connectivity index (χ4n) is 3.11. The number of fused-ring (bicyclic) bond motifs is 1. The lowest BCUT2D eigenvalue weighted by molar-refractivity contribution is -0.119. The van der Waals surface area contributed by atoms with E-state index >= 15 is 0 Å². The van der Waals surface area contributed by atoms with E-state index in [4.69, 9.17) is 4.98 Å². The van der Waals surface area contributed by atoms with Gasteiger partial charge in [0.25, 0.3) is 0 Å². The van der Waals surface area contributed by atoms with Gasteiger partial charge in [0.2, 0.25) is 5.91 Å². The van der Waals surface area contributed by atoms with Crippen molar-refractivity contribution < 1.29 is 9.90 Å². The van der Waals surface area contributed by atoms with E-state index in [0.29, 0.717) is 0 Å². The zero-order valence-corrected chi connectivity index (χ0v) is 12.7. The zero-order valence-electron chi connectivity index (χ0n) is 12.7. The molecular weight excluding hydrogens is 278 g/mol. The number of carbonyl (C=O) groups excluding carboxylic acids is 1. The SMILES string of the molecule is CC(=O)N[C@@H]1CCCN(c2nc3ccccc3cc2CO)C1. The lowest BCUT2D eigenvalue weighted by Crippen LogP contribution is -2.47. The van der Waals surface area contributed by atoms with E-state index in [9.17, 15) is 9.90 Å². The second-order valence-corrected chi connectivity index (χ2v) is 5.81. The number of para-hydroxylation sites is 1. The van der Waals surface area contributed by atoms with Crippen LogP contribution in [0.2, 0.25) is 0 Å². The summed E-state index contributed by atoms with van der Waals surface area (Å²) in [7, 11) is 0. The fourth-order valence-corrected chi connectivity index (χ4v) is 3.11. The summed E-state index contributed by atoms with van der Waals surface area (Å²) in [5.41, 5.74) is 1.76. The second-order valence-electron chi connectivity index (χ2n) is 5.81. The summed E-state index contributed by atoms with van der Waals surface area (Å²) in [5, 5.41) is 13.7. The van der Waals surface area contributed by atoms with E-state index < -0.39 is 0 Å². The van der Waals surface area contributed by atoms with E-state index in [1.165, 1.54) is 0 Å². The molecule has 0 spiro atoms. The molecule has 1 aromatic carbocycles. The van der Waals surface area contributed by atoms with Crippen molar-refractivity contribution >= 4 is 22.6 Å². The molecule has 0 saturated carbocycles. The van der Waals surface area contributed by atoms with Gasteiger partial charge in [0.15, 0.2) is 0 Å². The largest absolute Gasteiger partial charge is 0.392 e. The highest BCUT2D eigenvalue weighted by Gasteiger charge is 2.23. The van der Waals surface area contributed by atoms with Gasteiger partial charge in [0.05, 0.1) is 12.1 Å². The highest BCUT2D eigenvalue weighted by atomic mass is 16.3. The number of anilines is 1. The maximum absolute atomic E-state index is 11.3. The normalized spacial score (nSPS) is 18.5. The van der Waals surface area contributed by atoms with Crippen molar-refractivity contribution in [1.82, 2.24) is 10.3 Å². The first-order valence-corrected chi connectivity index (χ1v) is 7.69. The van der Waals surface area contributed by atoms with Gasteiger partial charge in [-0.3, -0.25) is 4.79 Å². The summed E-state index contributed by atoms with van der Waals surface area (Å²) in [5.74, 6) is 0.831. The van der Waals surface area contributed by atoms with Gasteiger partial charge >= 0.3 is 0 Å². The molecule has 1 aliphatic rings. The molecule has 5 nitrogen and oxygen atoms in total. The molecule has 0 radical (unpaired) electrons. The first-order valence-electron chi connectivity index (χ1n) is 7.69. The van der Waals surface area contributed by atoms with Crippen LogP contribution < -0.4 is 10.2 Å². The van der Waals surface area contributed by atoms with Crippen LogP contribution in [0, 0.1) is 0 Å². The molecule has 0 unspecified atom stereocenters. The predicted octanol–water partition coefficient (Wildman–Crippen LogP) is 1.83. The predicted molar refractivity (Wildman–Crippen MR) is 86.7 cm³/mol. The zero-order chi connectivity index (χ0) is 15.5. The van der Waals surface area contributed by atoms with Crippen molar-refractivity contribution in [3.05, 3.63) is 35.9 Å². The molecule has 1 aliphatic heterocycles. The van der Waals surface area contributed by atoms with Crippen LogP contribution in [0.1, 0.15) is 25.3 Å². The maximum atomic E-state index is 11.3. The third-order valence-corrected chi connectivity index (χ3v) is 4.08. The summed E-state index contributed by atoms with van der Waals surface area (Å²) in [6, 6.07) is 10.1. The maximum Gasteiger partial charge on any atom is 0.217 e. The third kappa shape index (κ3) is 3.04. The Bertz CT molecular complexity index is 687. The number of nitrogens with zero attached hydrogens (tertiary/aromatic N) is 2. The molecular formula is C17H21N3O2. The monoisotopic (exact) mass is 299 g/mol. The Labute approximate surface area is 130 Å². The van der Waals surface area contributed by atoms with Crippen molar-refractivity contribution in [2.24, 2.45) is 0 Å². The van der Waals surface area contributed by atoms with E-state index in [1.54, 1.807) is 6.92 Å². The molecule has 5 heteroatoms. The topological polar surface area (TPSA) is 65.5 Å². The summed E-state index contributed by atoms with van der Waals surface area (Å²) in [6.07, 6.45) is 1.99. The van der Waals surface area contributed by atoms with Crippen LogP contribution in [0.3, 0.4) is 0 Å². The van der Waals surface area contributed by atoms with Gasteiger partial charge in [0.1, 0.15) is 5.82 Å². The van der Waals surface area contributed by atoms with Gasteiger partial charge in [-0.1, -0.05) is 18.2 Å². The lowest BCUT2D eigenvalue weighted by Gasteiger charge is -2.34.